The molecular formula is C14H11N3O3. The number of pyridine rings is 1. The van der Waals surface area contributed by atoms with Gasteiger partial charge in [0, 0.05) is 12.4 Å². The van der Waals surface area contributed by atoms with E-state index in [0.717, 1.165) is 4.57 Å². The number of H-pyrrole nitrogens is 1. The van der Waals surface area contributed by atoms with Gasteiger partial charge in [0.1, 0.15) is 5.75 Å². The Hall–Kier alpha value is -2.89. The van der Waals surface area contributed by atoms with Crippen LogP contribution < -0.4 is 16.0 Å². The molecule has 1 N–H and O–H groups in total. The molecule has 0 amide bonds. The van der Waals surface area contributed by atoms with Gasteiger partial charge in [0.2, 0.25) is 0 Å². The maximum atomic E-state index is 12.5. The van der Waals surface area contributed by atoms with Crippen LogP contribution in [-0.4, -0.2) is 21.6 Å². The van der Waals surface area contributed by atoms with Gasteiger partial charge in [0.05, 0.1) is 23.7 Å². The molecule has 0 atom stereocenters. The fraction of sp³-hybridized carbons (Fsp3) is 0.0714. The van der Waals surface area contributed by atoms with Crippen molar-refractivity contribution in [2.24, 2.45) is 0 Å². The molecule has 0 bridgehead atoms. The smallest absolute Gasteiger partial charge is 0.333 e. The van der Waals surface area contributed by atoms with Crippen LogP contribution in [0.4, 0.5) is 0 Å². The quantitative estimate of drug-likeness (QED) is 0.755. The van der Waals surface area contributed by atoms with E-state index in [4.69, 9.17) is 4.74 Å². The molecule has 0 spiro atoms. The molecule has 3 rings (SSSR count). The average Bonchev–Trinajstić information content (AvgIpc) is 2.48. The van der Waals surface area contributed by atoms with Crippen molar-refractivity contribution < 1.29 is 4.74 Å². The summed E-state index contributed by atoms with van der Waals surface area (Å²) in [5, 5.41) is 0.390. The zero-order valence-electron chi connectivity index (χ0n) is 10.7. The Balaban J connectivity index is 2.43. The number of para-hydroxylation sites is 1. The van der Waals surface area contributed by atoms with Crippen molar-refractivity contribution in [2.45, 2.75) is 0 Å². The molecule has 0 radical (unpaired) electrons. The number of hydrogen-bond donors (Lipinski definition) is 1. The number of hydrogen-bond acceptors (Lipinski definition) is 4. The largest absolute Gasteiger partial charge is 0.495 e. The Bertz CT molecular complexity index is 882. The van der Waals surface area contributed by atoms with Crippen LogP contribution >= 0.6 is 0 Å². The molecular weight excluding hydrogens is 258 g/mol. The molecule has 2 heterocycles. The van der Waals surface area contributed by atoms with Crippen molar-refractivity contribution in [3.63, 3.8) is 0 Å². The highest BCUT2D eigenvalue weighted by Crippen LogP contribution is 2.19. The third kappa shape index (κ3) is 1.78. The first-order valence-electron chi connectivity index (χ1n) is 5.95. The summed E-state index contributed by atoms with van der Waals surface area (Å²) in [4.78, 5) is 31.2. The van der Waals surface area contributed by atoms with Crippen LogP contribution in [-0.2, 0) is 0 Å². The number of nitrogens with zero attached hydrogens (tertiary/aromatic N) is 2. The fourth-order valence-corrected chi connectivity index (χ4v) is 2.11. The first kappa shape index (κ1) is 12.2. The minimum atomic E-state index is -0.516. The zero-order valence-corrected chi connectivity index (χ0v) is 10.7. The SMILES string of the molecule is COc1cccc2c(=O)n(-c3ccncc3)c(=O)[nH]c12. The Morgan fingerprint density at radius 3 is 2.60 bits per heavy atom. The predicted octanol–water partition coefficient (Wildman–Crippen LogP) is 1.08. The van der Waals surface area contributed by atoms with Crippen molar-refractivity contribution in [1.29, 1.82) is 0 Å². The van der Waals surface area contributed by atoms with E-state index in [0.29, 0.717) is 22.3 Å². The fourth-order valence-electron chi connectivity index (χ4n) is 2.11. The third-order valence-corrected chi connectivity index (χ3v) is 3.04. The molecule has 0 aliphatic heterocycles. The van der Waals surface area contributed by atoms with E-state index in [1.807, 2.05) is 0 Å². The van der Waals surface area contributed by atoms with Gasteiger partial charge in [-0.25, -0.2) is 9.36 Å². The summed E-state index contributed by atoms with van der Waals surface area (Å²) in [6, 6.07) is 8.24. The lowest BCUT2D eigenvalue weighted by molar-refractivity contribution is 0.418. The lowest BCUT2D eigenvalue weighted by Gasteiger charge is -2.08. The van der Waals surface area contributed by atoms with Crippen molar-refractivity contribution in [2.75, 3.05) is 7.11 Å². The summed E-state index contributed by atoms with van der Waals surface area (Å²) in [5.74, 6) is 0.457. The monoisotopic (exact) mass is 269 g/mol. The van der Waals surface area contributed by atoms with Crippen LogP contribution in [0.1, 0.15) is 0 Å². The Labute approximate surface area is 113 Å². The molecule has 6 nitrogen and oxygen atoms in total. The van der Waals surface area contributed by atoms with Crippen molar-refractivity contribution >= 4 is 10.9 Å². The Kier molecular flexibility index (Phi) is 2.83. The molecule has 0 saturated carbocycles. The van der Waals surface area contributed by atoms with Gasteiger partial charge in [0.25, 0.3) is 5.56 Å². The van der Waals surface area contributed by atoms with E-state index in [1.54, 1.807) is 30.3 Å². The van der Waals surface area contributed by atoms with E-state index in [-0.39, 0.29) is 0 Å². The van der Waals surface area contributed by atoms with Crippen molar-refractivity contribution in [3.8, 4) is 11.4 Å². The minimum absolute atomic E-state index is 0.390. The topological polar surface area (TPSA) is 77.0 Å². The van der Waals surface area contributed by atoms with Gasteiger partial charge in [-0.2, -0.15) is 0 Å². The highest BCUT2D eigenvalue weighted by atomic mass is 16.5. The molecule has 100 valence electrons. The van der Waals surface area contributed by atoms with Gasteiger partial charge < -0.3 is 9.72 Å². The maximum absolute atomic E-state index is 12.5. The van der Waals surface area contributed by atoms with Crippen LogP contribution in [0, 0.1) is 0 Å². The molecule has 0 fully saturated rings. The molecule has 0 aliphatic rings. The number of rotatable bonds is 2. The molecule has 20 heavy (non-hydrogen) atoms. The van der Waals surface area contributed by atoms with Gasteiger partial charge >= 0.3 is 5.69 Å². The summed E-state index contributed by atoms with van der Waals surface area (Å²) in [5.41, 5.74) is -0.0432. The molecule has 0 aliphatic carbocycles. The van der Waals surface area contributed by atoms with Crippen LogP contribution in [0.25, 0.3) is 16.6 Å². The number of fused-ring (bicyclic) bond motifs is 1. The summed E-state index contributed by atoms with van der Waals surface area (Å²) in [7, 11) is 1.49. The summed E-state index contributed by atoms with van der Waals surface area (Å²) >= 11 is 0. The second-order valence-electron chi connectivity index (χ2n) is 4.16. The van der Waals surface area contributed by atoms with Gasteiger partial charge in [0.15, 0.2) is 0 Å². The Morgan fingerprint density at radius 2 is 1.90 bits per heavy atom. The second kappa shape index (κ2) is 4.65. The lowest BCUT2D eigenvalue weighted by atomic mass is 10.2. The van der Waals surface area contributed by atoms with E-state index in [1.165, 1.54) is 19.5 Å². The molecule has 1 aromatic carbocycles. The zero-order chi connectivity index (χ0) is 14.1. The number of nitrogens with one attached hydrogen (secondary N) is 1. The van der Waals surface area contributed by atoms with Crippen molar-refractivity contribution in [1.82, 2.24) is 14.5 Å². The maximum Gasteiger partial charge on any atom is 0.333 e. The van der Waals surface area contributed by atoms with E-state index < -0.39 is 11.2 Å². The van der Waals surface area contributed by atoms with Crippen molar-refractivity contribution in [3.05, 3.63) is 63.6 Å². The van der Waals surface area contributed by atoms with Crippen LogP contribution in [0.3, 0.4) is 0 Å². The molecule has 3 aromatic rings. The van der Waals surface area contributed by atoms with E-state index >= 15 is 0 Å². The standard InChI is InChI=1S/C14H11N3O3/c1-20-11-4-2-3-10-12(11)16-14(19)17(13(10)18)9-5-7-15-8-6-9/h2-8H,1H3,(H,16,19). The third-order valence-electron chi connectivity index (χ3n) is 3.04. The lowest BCUT2D eigenvalue weighted by Crippen LogP contribution is -2.33. The van der Waals surface area contributed by atoms with Crippen LogP contribution in [0.2, 0.25) is 0 Å². The van der Waals surface area contributed by atoms with Crippen LogP contribution in [0.15, 0.2) is 52.3 Å². The predicted molar refractivity (Wildman–Crippen MR) is 74.5 cm³/mol. The van der Waals surface area contributed by atoms with E-state index in [2.05, 4.69) is 9.97 Å². The Morgan fingerprint density at radius 1 is 1.15 bits per heavy atom. The number of methoxy groups -OCH3 is 1. The number of benzene rings is 1. The molecule has 2 aromatic heterocycles. The number of ether oxygens (including phenoxy) is 1. The minimum Gasteiger partial charge on any atom is -0.495 e. The normalized spacial score (nSPS) is 10.7. The van der Waals surface area contributed by atoms with Crippen LogP contribution in [0.5, 0.6) is 5.75 Å². The molecule has 0 unspecified atom stereocenters. The van der Waals surface area contributed by atoms with Gasteiger partial charge in [-0.1, -0.05) is 6.07 Å². The highest BCUT2D eigenvalue weighted by molar-refractivity contribution is 5.83. The number of aromatic nitrogens is 3. The second-order valence-corrected chi connectivity index (χ2v) is 4.16. The van der Waals surface area contributed by atoms with Gasteiger partial charge in [-0.05, 0) is 24.3 Å². The summed E-state index contributed by atoms with van der Waals surface area (Å²) in [6.45, 7) is 0. The number of aromatic amines is 1. The first-order chi connectivity index (χ1) is 9.72. The summed E-state index contributed by atoms with van der Waals surface area (Å²) < 4.78 is 6.23. The van der Waals surface area contributed by atoms with E-state index in [9.17, 15) is 9.59 Å². The highest BCUT2D eigenvalue weighted by Gasteiger charge is 2.11. The van der Waals surface area contributed by atoms with Gasteiger partial charge in [-0.3, -0.25) is 9.78 Å². The first-order valence-corrected chi connectivity index (χ1v) is 5.95. The van der Waals surface area contributed by atoms with Gasteiger partial charge in [-0.15, -0.1) is 0 Å². The molecule has 6 heteroatoms. The average molecular weight is 269 g/mol. The molecule has 0 saturated heterocycles. The summed E-state index contributed by atoms with van der Waals surface area (Å²) in [6.07, 6.45) is 3.05.